The second kappa shape index (κ2) is 5.75. The van der Waals surface area contributed by atoms with Crippen LogP contribution in [0.3, 0.4) is 0 Å². The van der Waals surface area contributed by atoms with Crippen molar-refractivity contribution in [2.45, 2.75) is 6.10 Å². The highest BCUT2D eigenvalue weighted by Gasteiger charge is 1.97. The second-order valence-electron chi connectivity index (χ2n) is 1.78. The minimum Gasteiger partial charge on any atom is -0.394 e. The predicted octanol–water partition coefficient (Wildman–Crippen LogP) is -0.885. The van der Waals surface area contributed by atoms with Gasteiger partial charge in [-0.25, -0.2) is 0 Å². The van der Waals surface area contributed by atoms with Crippen molar-refractivity contribution in [3.05, 3.63) is 12.7 Å². The molecule has 0 saturated heterocycles. The number of nitrogens with one attached hydrogen (secondary N) is 1. The van der Waals surface area contributed by atoms with Gasteiger partial charge in [-0.3, -0.25) is 0 Å². The standard InChI is InChI=1S/C6H13NO2/c1-2-3-7-4-6(9)5-8/h2,6-9H,1,3-5H2/t6-/m0/s1. The van der Waals surface area contributed by atoms with Crippen LogP contribution in [0, 0.1) is 0 Å². The van der Waals surface area contributed by atoms with E-state index in [4.69, 9.17) is 10.2 Å². The van der Waals surface area contributed by atoms with Crippen molar-refractivity contribution >= 4 is 0 Å². The fourth-order valence-electron chi connectivity index (χ4n) is 0.417. The number of hydrogen-bond acceptors (Lipinski definition) is 3. The molecule has 0 aliphatic carbocycles. The van der Waals surface area contributed by atoms with Crippen LogP contribution in [0.15, 0.2) is 12.7 Å². The minimum absolute atomic E-state index is 0.190. The summed E-state index contributed by atoms with van der Waals surface area (Å²) in [5.41, 5.74) is 0. The molecule has 0 heterocycles. The molecule has 3 heteroatoms. The van der Waals surface area contributed by atoms with Gasteiger partial charge in [0.15, 0.2) is 0 Å². The zero-order valence-corrected chi connectivity index (χ0v) is 5.38. The molecule has 0 aromatic carbocycles. The average molecular weight is 131 g/mol. The topological polar surface area (TPSA) is 52.5 Å². The molecule has 0 aliphatic heterocycles. The van der Waals surface area contributed by atoms with Crippen LogP contribution in [0.5, 0.6) is 0 Å². The molecule has 0 saturated carbocycles. The Morgan fingerprint density at radius 3 is 2.78 bits per heavy atom. The van der Waals surface area contributed by atoms with Crippen LogP contribution in [-0.4, -0.2) is 36.0 Å². The Morgan fingerprint density at radius 1 is 1.67 bits per heavy atom. The summed E-state index contributed by atoms with van der Waals surface area (Å²) in [6, 6.07) is 0. The zero-order valence-electron chi connectivity index (χ0n) is 5.38. The van der Waals surface area contributed by atoms with Gasteiger partial charge in [0.25, 0.3) is 0 Å². The molecule has 0 spiro atoms. The summed E-state index contributed by atoms with van der Waals surface area (Å²) in [6.07, 6.45) is 1.05. The van der Waals surface area contributed by atoms with Crippen LogP contribution in [-0.2, 0) is 0 Å². The average Bonchev–Trinajstić information content (AvgIpc) is 1.89. The minimum atomic E-state index is -0.648. The van der Waals surface area contributed by atoms with Gasteiger partial charge < -0.3 is 15.5 Å². The Hall–Kier alpha value is -0.380. The van der Waals surface area contributed by atoms with E-state index in [0.717, 1.165) is 0 Å². The second-order valence-corrected chi connectivity index (χ2v) is 1.78. The van der Waals surface area contributed by atoms with Gasteiger partial charge in [0.2, 0.25) is 0 Å². The van der Waals surface area contributed by atoms with E-state index in [1.54, 1.807) is 6.08 Å². The van der Waals surface area contributed by atoms with Crippen molar-refractivity contribution in [1.29, 1.82) is 0 Å². The molecule has 3 nitrogen and oxygen atoms in total. The lowest BCUT2D eigenvalue weighted by atomic mass is 10.4. The van der Waals surface area contributed by atoms with Crippen molar-refractivity contribution in [1.82, 2.24) is 5.32 Å². The van der Waals surface area contributed by atoms with E-state index in [0.29, 0.717) is 13.1 Å². The van der Waals surface area contributed by atoms with Crippen LogP contribution in [0.4, 0.5) is 0 Å². The van der Waals surface area contributed by atoms with E-state index in [1.165, 1.54) is 0 Å². The number of rotatable bonds is 5. The fraction of sp³-hybridized carbons (Fsp3) is 0.667. The van der Waals surface area contributed by atoms with Crippen molar-refractivity contribution in [2.75, 3.05) is 19.7 Å². The van der Waals surface area contributed by atoms with Crippen LogP contribution in [0.2, 0.25) is 0 Å². The maximum Gasteiger partial charge on any atom is 0.0895 e. The molecular weight excluding hydrogens is 118 g/mol. The molecule has 0 aliphatic rings. The molecule has 0 radical (unpaired) electrons. The quantitative estimate of drug-likeness (QED) is 0.335. The molecule has 9 heavy (non-hydrogen) atoms. The summed E-state index contributed by atoms with van der Waals surface area (Å²) in [5.74, 6) is 0. The van der Waals surface area contributed by atoms with Gasteiger partial charge in [-0.2, -0.15) is 0 Å². The lowest BCUT2D eigenvalue weighted by molar-refractivity contribution is 0.0953. The molecule has 0 aromatic heterocycles. The van der Waals surface area contributed by atoms with Gasteiger partial charge in [0.05, 0.1) is 12.7 Å². The van der Waals surface area contributed by atoms with Gasteiger partial charge in [0, 0.05) is 13.1 Å². The number of aliphatic hydroxyl groups is 2. The van der Waals surface area contributed by atoms with Crippen molar-refractivity contribution in [2.24, 2.45) is 0 Å². The summed E-state index contributed by atoms with van der Waals surface area (Å²) in [4.78, 5) is 0. The Morgan fingerprint density at radius 2 is 2.33 bits per heavy atom. The summed E-state index contributed by atoms with van der Waals surface area (Å²) < 4.78 is 0. The molecule has 1 atom stereocenters. The van der Waals surface area contributed by atoms with Crippen LogP contribution in [0.1, 0.15) is 0 Å². The van der Waals surface area contributed by atoms with E-state index in [-0.39, 0.29) is 6.61 Å². The third kappa shape index (κ3) is 5.49. The zero-order chi connectivity index (χ0) is 7.11. The van der Waals surface area contributed by atoms with Crippen molar-refractivity contribution in [3.8, 4) is 0 Å². The van der Waals surface area contributed by atoms with E-state index < -0.39 is 6.10 Å². The third-order valence-corrected chi connectivity index (χ3v) is 0.879. The highest BCUT2D eigenvalue weighted by molar-refractivity contribution is 4.70. The van der Waals surface area contributed by atoms with Gasteiger partial charge in [-0.05, 0) is 0 Å². The Labute approximate surface area is 55.0 Å². The summed E-state index contributed by atoms with van der Waals surface area (Å²) >= 11 is 0. The first-order valence-corrected chi connectivity index (χ1v) is 2.91. The van der Waals surface area contributed by atoms with Gasteiger partial charge in [-0.1, -0.05) is 6.08 Å². The molecule has 0 bridgehead atoms. The fourth-order valence-corrected chi connectivity index (χ4v) is 0.417. The molecule has 0 amide bonds. The lowest BCUT2D eigenvalue weighted by Crippen LogP contribution is -2.29. The van der Waals surface area contributed by atoms with E-state index in [9.17, 15) is 0 Å². The van der Waals surface area contributed by atoms with Gasteiger partial charge in [0.1, 0.15) is 0 Å². The first-order chi connectivity index (χ1) is 4.31. The van der Waals surface area contributed by atoms with Crippen molar-refractivity contribution in [3.63, 3.8) is 0 Å². The summed E-state index contributed by atoms with van der Waals surface area (Å²) in [7, 11) is 0. The van der Waals surface area contributed by atoms with E-state index in [1.807, 2.05) is 0 Å². The molecule has 3 N–H and O–H groups in total. The Balaban J connectivity index is 2.96. The predicted molar refractivity (Wildman–Crippen MR) is 36.2 cm³/mol. The maximum atomic E-state index is 8.74. The largest absolute Gasteiger partial charge is 0.394 e. The van der Waals surface area contributed by atoms with Gasteiger partial charge >= 0.3 is 0 Å². The summed E-state index contributed by atoms with van der Waals surface area (Å²) in [6.45, 7) is 4.37. The van der Waals surface area contributed by atoms with Crippen molar-refractivity contribution < 1.29 is 10.2 Å². The third-order valence-electron chi connectivity index (χ3n) is 0.879. The van der Waals surface area contributed by atoms with Crippen LogP contribution >= 0.6 is 0 Å². The molecule has 54 valence electrons. The SMILES string of the molecule is C=CCNC[C@H](O)CO. The Kier molecular flexibility index (Phi) is 5.51. The molecule has 0 aromatic rings. The monoisotopic (exact) mass is 131 g/mol. The maximum absolute atomic E-state index is 8.74. The molecular formula is C6H13NO2. The molecule has 0 rings (SSSR count). The van der Waals surface area contributed by atoms with Gasteiger partial charge in [-0.15, -0.1) is 6.58 Å². The van der Waals surface area contributed by atoms with E-state index in [2.05, 4.69) is 11.9 Å². The Bertz CT molecular complexity index is 75.5. The first kappa shape index (κ1) is 8.62. The van der Waals surface area contributed by atoms with Crippen LogP contribution in [0.25, 0.3) is 0 Å². The van der Waals surface area contributed by atoms with Crippen LogP contribution < -0.4 is 5.32 Å². The first-order valence-electron chi connectivity index (χ1n) is 2.91. The highest BCUT2D eigenvalue weighted by Crippen LogP contribution is 1.74. The lowest BCUT2D eigenvalue weighted by Gasteiger charge is -2.05. The van der Waals surface area contributed by atoms with E-state index >= 15 is 0 Å². The molecule has 0 unspecified atom stereocenters. The normalized spacial score (nSPS) is 13.1. The number of hydrogen-bond donors (Lipinski definition) is 3. The number of aliphatic hydroxyl groups excluding tert-OH is 2. The highest BCUT2D eigenvalue weighted by atomic mass is 16.3. The molecule has 0 fully saturated rings. The summed E-state index contributed by atoms with van der Waals surface area (Å²) in [5, 5.41) is 19.9. The smallest absolute Gasteiger partial charge is 0.0895 e.